The number of rotatable bonds is 3. The molecule has 0 N–H and O–H groups in total. The third kappa shape index (κ3) is 3.12. The number of para-hydroxylation sites is 1. The monoisotopic (exact) mass is 285 g/mol. The van der Waals surface area contributed by atoms with E-state index < -0.39 is 0 Å². The van der Waals surface area contributed by atoms with Gasteiger partial charge in [0.25, 0.3) is 0 Å². The van der Waals surface area contributed by atoms with Gasteiger partial charge in [0.15, 0.2) is 0 Å². The van der Waals surface area contributed by atoms with Crippen LogP contribution in [0.4, 0.5) is 0 Å². The molecule has 0 aliphatic carbocycles. The largest absolute Gasteiger partial charge is 0.456 e. The van der Waals surface area contributed by atoms with Crippen molar-refractivity contribution in [2.45, 2.75) is 0 Å². The van der Waals surface area contributed by atoms with Crippen molar-refractivity contribution >= 4 is 15.9 Å². The summed E-state index contributed by atoms with van der Waals surface area (Å²) in [7, 11) is 0. The quantitative estimate of drug-likeness (QED) is 0.758. The maximum absolute atomic E-state index is 5.76. The molecule has 2 aromatic carbocycles. The fourth-order valence-electron chi connectivity index (χ4n) is 1.42. The molecule has 0 fully saturated rings. The van der Waals surface area contributed by atoms with E-state index in [2.05, 4.69) is 21.9 Å². The summed E-state index contributed by atoms with van der Waals surface area (Å²) >= 11 is 3.44. The molecule has 0 bridgehead atoms. The third-order valence-electron chi connectivity index (χ3n) is 2.17. The van der Waals surface area contributed by atoms with Gasteiger partial charge in [0.05, 0.1) is 10.9 Å². The van der Waals surface area contributed by atoms with Gasteiger partial charge in [-0.15, -0.1) is 6.42 Å². The number of benzene rings is 2. The van der Waals surface area contributed by atoms with Crippen molar-refractivity contribution in [1.82, 2.24) is 0 Å². The summed E-state index contributed by atoms with van der Waals surface area (Å²) in [6, 6.07) is 15.4. The van der Waals surface area contributed by atoms with E-state index in [-0.39, 0.29) is 0 Å². The molecular formula is C15H10BrO. The Morgan fingerprint density at radius 1 is 1.12 bits per heavy atom. The summed E-state index contributed by atoms with van der Waals surface area (Å²) in [4.78, 5) is 0. The number of ether oxygens (including phenoxy) is 1. The Kier molecular flexibility index (Phi) is 3.85. The van der Waals surface area contributed by atoms with E-state index >= 15 is 0 Å². The minimum Gasteiger partial charge on any atom is -0.456 e. The molecule has 0 unspecified atom stereocenters. The van der Waals surface area contributed by atoms with Crippen molar-refractivity contribution in [2.75, 3.05) is 0 Å². The lowest BCUT2D eigenvalue weighted by Crippen LogP contribution is -1.86. The smallest absolute Gasteiger partial charge is 0.141 e. The van der Waals surface area contributed by atoms with E-state index in [1.807, 2.05) is 48.5 Å². The van der Waals surface area contributed by atoms with Gasteiger partial charge in [0.1, 0.15) is 11.5 Å². The van der Waals surface area contributed by atoms with Gasteiger partial charge in [0.2, 0.25) is 0 Å². The number of hydrogen-bond acceptors (Lipinski definition) is 1. The second kappa shape index (κ2) is 5.56. The summed E-state index contributed by atoms with van der Waals surface area (Å²) < 4.78 is 6.68. The second-order valence-corrected chi connectivity index (χ2v) is 4.27. The minimum absolute atomic E-state index is 0.765. The molecule has 0 aliphatic heterocycles. The Morgan fingerprint density at radius 3 is 2.71 bits per heavy atom. The highest BCUT2D eigenvalue weighted by atomic mass is 79.9. The van der Waals surface area contributed by atoms with Crippen molar-refractivity contribution in [1.29, 1.82) is 0 Å². The zero-order valence-electron chi connectivity index (χ0n) is 9.06. The second-order valence-electron chi connectivity index (χ2n) is 3.42. The molecule has 17 heavy (non-hydrogen) atoms. The first-order valence-electron chi connectivity index (χ1n) is 5.11. The van der Waals surface area contributed by atoms with Crippen LogP contribution in [-0.2, 0) is 0 Å². The molecule has 0 saturated heterocycles. The van der Waals surface area contributed by atoms with Gasteiger partial charge in [-0.2, -0.15) is 0 Å². The highest BCUT2D eigenvalue weighted by molar-refractivity contribution is 9.10. The van der Waals surface area contributed by atoms with Crippen LogP contribution in [0.25, 0.3) is 0 Å². The topological polar surface area (TPSA) is 9.23 Å². The fourth-order valence-corrected chi connectivity index (χ4v) is 1.78. The van der Waals surface area contributed by atoms with Gasteiger partial charge in [-0.3, -0.25) is 0 Å². The number of halogens is 1. The summed E-state index contributed by atoms with van der Waals surface area (Å²) in [5, 5.41) is 0. The van der Waals surface area contributed by atoms with Crippen LogP contribution >= 0.6 is 15.9 Å². The van der Waals surface area contributed by atoms with E-state index in [1.165, 1.54) is 0 Å². The van der Waals surface area contributed by atoms with E-state index in [9.17, 15) is 0 Å². The van der Waals surface area contributed by atoms with Crippen LogP contribution in [0.15, 0.2) is 53.0 Å². The maximum atomic E-state index is 5.76. The van der Waals surface area contributed by atoms with Crippen LogP contribution in [0.5, 0.6) is 11.5 Å². The van der Waals surface area contributed by atoms with Crippen LogP contribution in [0.1, 0.15) is 5.56 Å². The maximum Gasteiger partial charge on any atom is 0.141 e. The average molecular weight is 286 g/mol. The lowest BCUT2D eigenvalue weighted by Gasteiger charge is -2.08. The van der Waals surface area contributed by atoms with Crippen LogP contribution in [0.2, 0.25) is 0 Å². The van der Waals surface area contributed by atoms with Crippen LogP contribution in [0, 0.1) is 18.8 Å². The molecule has 83 valence electrons. The molecule has 0 atom stereocenters. The lowest BCUT2D eigenvalue weighted by atomic mass is 10.1. The first-order valence-corrected chi connectivity index (χ1v) is 5.90. The van der Waals surface area contributed by atoms with Crippen LogP contribution < -0.4 is 4.74 Å². The Hall–Kier alpha value is -1.72. The molecule has 0 amide bonds. The molecule has 0 saturated carbocycles. The average Bonchev–Trinajstić information content (AvgIpc) is 2.33. The predicted octanol–water partition coefficient (Wildman–Crippen LogP) is 4.43. The molecule has 1 radical (unpaired) electrons. The fraction of sp³-hybridized carbons (Fsp3) is 0. The first kappa shape index (κ1) is 11.8. The lowest BCUT2D eigenvalue weighted by molar-refractivity contribution is 0.479. The van der Waals surface area contributed by atoms with E-state index in [0.717, 1.165) is 21.5 Å². The highest BCUT2D eigenvalue weighted by Gasteiger charge is 2.02. The molecule has 2 heteroatoms. The van der Waals surface area contributed by atoms with Gasteiger partial charge >= 0.3 is 0 Å². The Morgan fingerprint density at radius 2 is 1.94 bits per heavy atom. The standard InChI is InChI=1S/C15H10BrO/c1-2-6-12-7-5-8-13(11-12)17-15-10-4-3-9-14(15)16/h1,3-11H. The highest BCUT2D eigenvalue weighted by Crippen LogP contribution is 2.29. The van der Waals surface area contributed by atoms with Crippen molar-refractivity contribution < 1.29 is 4.74 Å². The predicted molar refractivity (Wildman–Crippen MR) is 72.9 cm³/mol. The Balaban J connectivity index is 2.22. The van der Waals surface area contributed by atoms with Crippen LogP contribution in [0.3, 0.4) is 0 Å². The molecule has 2 rings (SSSR count). The molecular weight excluding hydrogens is 276 g/mol. The van der Waals surface area contributed by atoms with Gasteiger partial charge in [0, 0.05) is 0 Å². The summed E-state index contributed by atoms with van der Waals surface area (Å²) in [6.07, 6.45) is 6.93. The molecule has 0 heterocycles. The molecule has 1 nitrogen and oxygen atoms in total. The zero-order chi connectivity index (χ0) is 12.1. The van der Waals surface area contributed by atoms with Crippen molar-refractivity contribution in [2.24, 2.45) is 0 Å². The molecule has 2 aromatic rings. The summed E-state index contributed by atoms with van der Waals surface area (Å²) in [6.45, 7) is 0. The summed E-state index contributed by atoms with van der Waals surface area (Å²) in [5.74, 6) is 4.04. The SMILES string of the molecule is C#C[CH]c1cccc(Oc2ccccc2Br)c1. The molecule has 0 spiro atoms. The van der Waals surface area contributed by atoms with Gasteiger partial charge in [-0.1, -0.05) is 30.2 Å². The Bertz CT molecular complexity index is 555. The van der Waals surface area contributed by atoms with Crippen molar-refractivity contribution in [3.05, 3.63) is 65.0 Å². The number of terminal acetylenes is 1. The van der Waals surface area contributed by atoms with Crippen molar-refractivity contribution in [3.8, 4) is 23.8 Å². The molecule has 0 aliphatic rings. The number of hydrogen-bond donors (Lipinski definition) is 0. The Labute approximate surface area is 110 Å². The van der Waals surface area contributed by atoms with E-state index in [1.54, 1.807) is 6.42 Å². The first-order chi connectivity index (χ1) is 8.29. The van der Waals surface area contributed by atoms with Crippen molar-refractivity contribution in [3.63, 3.8) is 0 Å². The van der Waals surface area contributed by atoms with Gasteiger partial charge < -0.3 is 4.74 Å². The van der Waals surface area contributed by atoms with Gasteiger partial charge in [-0.05, 0) is 45.8 Å². The van der Waals surface area contributed by atoms with Gasteiger partial charge in [-0.25, -0.2) is 0 Å². The third-order valence-corrected chi connectivity index (χ3v) is 2.83. The summed E-state index contributed by atoms with van der Waals surface area (Å²) in [5.41, 5.74) is 0.956. The van der Waals surface area contributed by atoms with E-state index in [4.69, 9.17) is 11.2 Å². The molecule has 0 aromatic heterocycles. The minimum atomic E-state index is 0.765. The van der Waals surface area contributed by atoms with Crippen LogP contribution in [-0.4, -0.2) is 0 Å². The normalized spacial score (nSPS) is 9.65. The van der Waals surface area contributed by atoms with E-state index in [0.29, 0.717) is 0 Å². The zero-order valence-corrected chi connectivity index (χ0v) is 10.6.